The molecule has 2 aromatic carbocycles. The van der Waals surface area contributed by atoms with Gasteiger partial charge >= 0.3 is 0 Å². The topological polar surface area (TPSA) is 83.8 Å². The number of carbonyl (C=O) groups is 2. The molecule has 2 aromatic rings. The predicted molar refractivity (Wildman–Crippen MR) is 88.2 cm³/mol. The Hall–Kier alpha value is -3.22. The monoisotopic (exact) mass is 325 g/mol. The molecule has 1 aliphatic rings. The van der Waals surface area contributed by atoms with E-state index in [4.69, 9.17) is 0 Å². The zero-order valence-corrected chi connectivity index (χ0v) is 13.0. The Kier molecular flexibility index (Phi) is 3.99. The van der Waals surface area contributed by atoms with Crippen molar-refractivity contribution in [3.8, 4) is 0 Å². The summed E-state index contributed by atoms with van der Waals surface area (Å²) >= 11 is 0. The number of nitrogens with zero attached hydrogens (tertiary/aromatic N) is 3. The van der Waals surface area contributed by atoms with Gasteiger partial charge < -0.3 is 9.80 Å². The molecule has 24 heavy (non-hydrogen) atoms. The summed E-state index contributed by atoms with van der Waals surface area (Å²) in [6.45, 7) is 0.765. The van der Waals surface area contributed by atoms with E-state index in [1.807, 2.05) is 0 Å². The summed E-state index contributed by atoms with van der Waals surface area (Å²) < 4.78 is 0. The number of nitro groups is 1. The molecule has 122 valence electrons. The second-order valence-electron chi connectivity index (χ2n) is 5.50. The Balaban J connectivity index is 1.99. The first kappa shape index (κ1) is 15.7. The highest BCUT2D eigenvalue weighted by atomic mass is 16.6. The Morgan fingerprint density at radius 3 is 2.42 bits per heavy atom. The average molecular weight is 325 g/mol. The van der Waals surface area contributed by atoms with Crippen LogP contribution in [-0.4, -0.2) is 41.8 Å². The van der Waals surface area contributed by atoms with Gasteiger partial charge in [-0.3, -0.25) is 19.7 Å². The number of rotatable bonds is 2. The van der Waals surface area contributed by atoms with Gasteiger partial charge in [0.05, 0.1) is 16.2 Å². The van der Waals surface area contributed by atoms with E-state index in [-0.39, 0.29) is 17.5 Å². The standard InChI is InChI=1S/C17H15N3O4/c1-18-10-11-19(15-5-3-2-4-14(15)17(18)22)16(21)12-6-8-13(9-7-12)20(23)24/h2-9H,10-11H2,1H3. The van der Waals surface area contributed by atoms with Gasteiger partial charge in [0.2, 0.25) is 0 Å². The van der Waals surface area contributed by atoms with E-state index in [0.29, 0.717) is 29.9 Å². The number of hydrogen-bond donors (Lipinski definition) is 0. The van der Waals surface area contributed by atoms with Gasteiger partial charge in [-0.25, -0.2) is 0 Å². The Bertz CT molecular complexity index is 817. The molecule has 3 rings (SSSR count). The largest absolute Gasteiger partial charge is 0.340 e. The first-order valence-electron chi connectivity index (χ1n) is 7.40. The van der Waals surface area contributed by atoms with Gasteiger partial charge in [-0.15, -0.1) is 0 Å². The van der Waals surface area contributed by atoms with E-state index in [2.05, 4.69) is 0 Å². The van der Waals surface area contributed by atoms with Crippen molar-refractivity contribution in [3.05, 3.63) is 69.8 Å². The molecule has 7 heteroatoms. The van der Waals surface area contributed by atoms with Crippen molar-refractivity contribution in [3.63, 3.8) is 0 Å². The van der Waals surface area contributed by atoms with Gasteiger partial charge in [0.15, 0.2) is 0 Å². The molecule has 0 fully saturated rings. The number of nitro benzene ring substituents is 1. The van der Waals surface area contributed by atoms with Crippen LogP contribution in [0.5, 0.6) is 0 Å². The predicted octanol–water partition coefficient (Wildman–Crippen LogP) is 2.33. The summed E-state index contributed by atoms with van der Waals surface area (Å²) in [5.74, 6) is -0.426. The fourth-order valence-electron chi connectivity index (χ4n) is 2.66. The van der Waals surface area contributed by atoms with E-state index in [1.165, 1.54) is 29.2 Å². The summed E-state index contributed by atoms with van der Waals surface area (Å²) in [6, 6.07) is 12.4. The minimum absolute atomic E-state index is 0.0715. The SMILES string of the molecule is CN1CCN(C(=O)c2ccc([N+](=O)[O-])cc2)c2ccccc2C1=O. The van der Waals surface area contributed by atoms with Crippen LogP contribution in [-0.2, 0) is 0 Å². The van der Waals surface area contributed by atoms with Gasteiger partial charge in [0.1, 0.15) is 0 Å². The fraction of sp³-hybridized carbons (Fsp3) is 0.176. The second-order valence-corrected chi connectivity index (χ2v) is 5.50. The molecule has 0 atom stereocenters. The molecule has 1 heterocycles. The Morgan fingerprint density at radius 2 is 1.75 bits per heavy atom. The highest BCUT2D eigenvalue weighted by molar-refractivity contribution is 6.11. The van der Waals surface area contributed by atoms with Crippen molar-refractivity contribution < 1.29 is 14.5 Å². The number of hydrogen-bond acceptors (Lipinski definition) is 4. The summed E-state index contributed by atoms with van der Waals surface area (Å²) in [4.78, 5) is 38.5. The van der Waals surface area contributed by atoms with Crippen LogP contribution in [0.4, 0.5) is 11.4 Å². The van der Waals surface area contributed by atoms with E-state index in [0.717, 1.165) is 0 Å². The molecule has 0 unspecified atom stereocenters. The molecule has 0 aromatic heterocycles. The van der Waals surface area contributed by atoms with Gasteiger partial charge in [-0.2, -0.15) is 0 Å². The molecule has 0 N–H and O–H groups in total. The van der Waals surface area contributed by atoms with Crippen molar-refractivity contribution in [2.75, 3.05) is 25.0 Å². The number of non-ortho nitro benzene ring substituents is 1. The first-order valence-corrected chi connectivity index (χ1v) is 7.40. The smallest absolute Gasteiger partial charge is 0.269 e. The van der Waals surface area contributed by atoms with Crippen LogP contribution in [0, 0.1) is 10.1 Å². The molecule has 0 saturated heterocycles. The molecular weight excluding hydrogens is 310 g/mol. The first-order chi connectivity index (χ1) is 11.5. The minimum Gasteiger partial charge on any atom is -0.340 e. The highest BCUT2D eigenvalue weighted by Crippen LogP contribution is 2.26. The van der Waals surface area contributed by atoms with Gasteiger partial charge in [-0.05, 0) is 24.3 Å². The van der Waals surface area contributed by atoms with E-state index in [1.54, 1.807) is 36.2 Å². The van der Waals surface area contributed by atoms with Gasteiger partial charge in [0, 0.05) is 37.8 Å². The fourth-order valence-corrected chi connectivity index (χ4v) is 2.66. The average Bonchev–Trinajstić information content (AvgIpc) is 2.72. The van der Waals surface area contributed by atoms with Crippen LogP contribution >= 0.6 is 0 Å². The molecule has 0 radical (unpaired) electrons. The summed E-state index contributed by atoms with van der Waals surface area (Å²) in [5, 5.41) is 10.7. The molecule has 0 aliphatic carbocycles. The van der Waals surface area contributed by atoms with Crippen LogP contribution < -0.4 is 4.90 Å². The second kappa shape index (κ2) is 6.11. The molecule has 0 saturated carbocycles. The van der Waals surface area contributed by atoms with Crippen molar-refractivity contribution in [2.24, 2.45) is 0 Å². The zero-order chi connectivity index (χ0) is 17.3. The van der Waals surface area contributed by atoms with Crippen molar-refractivity contribution >= 4 is 23.2 Å². The number of fused-ring (bicyclic) bond motifs is 1. The zero-order valence-electron chi connectivity index (χ0n) is 13.0. The van der Waals surface area contributed by atoms with E-state index >= 15 is 0 Å². The normalized spacial score (nSPS) is 14.1. The minimum atomic E-state index is -0.511. The quantitative estimate of drug-likeness (QED) is 0.626. The molecule has 7 nitrogen and oxygen atoms in total. The van der Waals surface area contributed by atoms with Crippen LogP contribution in [0.25, 0.3) is 0 Å². The Morgan fingerprint density at radius 1 is 1.08 bits per heavy atom. The third-order valence-electron chi connectivity index (χ3n) is 4.00. The van der Waals surface area contributed by atoms with Crippen molar-refractivity contribution in [2.45, 2.75) is 0 Å². The van der Waals surface area contributed by atoms with Crippen LogP contribution in [0.1, 0.15) is 20.7 Å². The molecule has 0 spiro atoms. The van der Waals surface area contributed by atoms with Gasteiger partial charge in [-0.1, -0.05) is 12.1 Å². The number of para-hydroxylation sites is 1. The van der Waals surface area contributed by atoms with E-state index < -0.39 is 4.92 Å². The summed E-state index contributed by atoms with van der Waals surface area (Å²) in [5.41, 5.74) is 1.29. The molecular formula is C17H15N3O4. The van der Waals surface area contributed by atoms with Gasteiger partial charge in [0.25, 0.3) is 17.5 Å². The lowest BCUT2D eigenvalue weighted by atomic mass is 10.1. The summed E-state index contributed by atoms with van der Waals surface area (Å²) in [6.07, 6.45) is 0. The van der Waals surface area contributed by atoms with Crippen LogP contribution in [0.15, 0.2) is 48.5 Å². The lowest BCUT2D eigenvalue weighted by molar-refractivity contribution is -0.384. The number of anilines is 1. The van der Waals surface area contributed by atoms with Crippen LogP contribution in [0.2, 0.25) is 0 Å². The third-order valence-corrected chi connectivity index (χ3v) is 4.00. The lowest BCUT2D eigenvalue weighted by Gasteiger charge is -2.22. The number of likely N-dealkylation sites (N-methyl/N-ethyl adjacent to an activating group) is 1. The maximum atomic E-state index is 12.8. The molecule has 2 amide bonds. The van der Waals surface area contributed by atoms with E-state index in [9.17, 15) is 19.7 Å². The third kappa shape index (κ3) is 2.71. The highest BCUT2D eigenvalue weighted by Gasteiger charge is 2.28. The Labute approximate surface area is 138 Å². The van der Waals surface area contributed by atoms with Crippen molar-refractivity contribution in [1.29, 1.82) is 0 Å². The number of carbonyl (C=O) groups excluding carboxylic acids is 2. The number of benzene rings is 2. The maximum absolute atomic E-state index is 12.8. The van der Waals surface area contributed by atoms with Crippen molar-refractivity contribution in [1.82, 2.24) is 4.90 Å². The molecule has 0 bridgehead atoms. The maximum Gasteiger partial charge on any atom is 0.269 e. The van der Waals surface area contributed by atoms with Crippen LogP contribution in [0.3, 0.4) is 0 Å². The number of amides is 2. The summed E-state index contributed by atoms with van der Waals surface area (Å²) in [7, 11) is 1.69. The lowest BCUT2D eigenvalue weighted by Crippen LogP contribution is -2.35. The molecule has 1 aliphatic heterocycles.